The Balaban J connectivity index is 1.19. The number of aromatic amines is 1. The zero-order valence-corrected chi connectivity index (χ0v) is 22.9. The largest absolute Gasteiger partial charge is 0.382 e. The lowest BCUT2D eigenvalue weighted by Gasteiger charge is -2.30. The maximum absolute atomic E-state index is 13.0. The van der Waals surface area contributed by atoms with Gasteiger partial charge in [-0.15, -0.1) is 0 Å². The number of primary amides is 1. The molecule has 41 heavy (non-hydrogen) atoms. The number of benzene rings is 3. The van der Waals surface area contributed by atoms with Gasteiger partial charge in [0.05, 0.1) is 5.69 Å². The highest BCUT2D eigenvalue weighted by atomic mass is 16.2. The molecule has 9 nitrogen and oxygen atoms in total. The fraction of sp³-hybridized carbons (Fsp3) is 0.219. The first-order valence-corrected chi connectivity index (χ1v) is 13.8. The van der Waals surface area contributed by atoms with E-state index in [1.54, 1.807) is 6.07 Å². The highest BCUT2D eigenvalue weighted by Gasteiger charge is 2.18. The summed E-state index contributed by atoms with van der Waals surface area (Å²) in [5, 5.41) is 15.1. The number of hydrogen-bond donors (Lipinski definition) is 4. The first-order chi connectivity index (χ1) is 19.9. The third-order valence-corrected chi connectivity index (χ3v) is 7.69. The van der Waals surface area contributed by atoms with Gasteiger partial charge in [-0.3, -0.25) is 14.7 Å². The van der Waals surface area contributed by atoms with E-state index in [0.29, 0.717) is 35.2 Å². The van der Waals surface area contributed by atoms with Crippen LogP contribution in [0.2, 0.25) is 0 Å². The van der Waals surface area contributed by atoms with E-state index < -0.39 is 5.91 Å². The molecule has 1 fully saturated rings. The van der Waals surface area contributed by atoms with E-state index in [0.717, 1.165) is 53.8 Å². The lowest BCUT2D eigenvalue weighted by atomic mass is 10.0. The van der Waals surface area contributed by atoms with Crippen LogP contribution in [-0.2, 0) is 6.54 Å². The number of aromatic nitrogens is 3. The lowest BCUT2D eigenvalue weighted by molar-refractivity contribution is 0.0997. The van der Waals surface area contributed by atoms with E-state index in [1.807, 2.05) is 60.7 Å². The van der Waals surface area contributed by atoms with E-state index in [1.165, 1.54) is 0 Å². The molecule has 0 radical (unpaired) electrons. The second kappa shape index (κ2) is 11.3. The van der Waals surface area contributed by atoms with Crippen LogP contribution in [0.25, 0.3) is 22.3 Å². The Morgan fingerprint density at radius 2 is 1.73 bits per heavy atom. The Morgan fingerprint density at radius 3 is 2.51 bits per heavy atom. The summed E-state index contributed by atoms with van der Waals surface area (Å²) in [7, 11) is 2.15. The first kappa shape index (κ1) is 26.3. The summed E-state index contributed by atoms with van der Waals surface area (Å²) in [6.07, 6.45) is 2.22. The van der Waals surface area contributed by atoms with Gasteiger partial charge in [-0.1, -0.05) is 30.3 Å². The first-order valence-electron chi connectivity index (χ1n) is 13.8. The number of nitrogens with zero attached hydrogens (tertiary/aromatic N) is 3. The van der Waals surface area contributed by atoms with Crippen LogP contribution in [0, 0.1) is 0 Å². The molecule has 6 rings (SSSR count). The van der Waals surface area contributed by atoms with E-state index >= 15 is 0 Å². The van der Waals surface area contributed by atoms with E-state index in [-0.39, 0.29) is 5.91 Å². The molecule has 0 unspecified atom stereocenters. The Labute approximate surface area is 238 Å². The van der Waals surface area contributed by atoms with E-state index in [4.69, 9.17) is 5.73 Å². The average molecular weight is 548 g/mol. The lowest BCUT2D eigenvalue weighted by Crippen LogP contribution is -2.36. The smallest absolute Gasteiger partial charge is 0.256 e. The Hall–Kier alpha value is -4.89. The number of anilines is 2. The van der Waals surface area contributed by atoms with Crippen molar-refractivity contribution >= 4 is 34.2 Å². The van der Waals surface area contributed by atoms with Crippen molar-refractivity contribution in [3.05, 3.63) is 102 Å². The number of carbonyl (C=O) groups is 2. The van der Waals surface area contributed by atoms with E-state index in [2.05, 4.69) is 55.5 Å². The average Bonchev–Trinajstić information content (AvgIpc) is 3.59. The van der Waals surface area contributed by atoms with Crippen LogP contribution in [0.5, 0.6) is 0 Å². The SMILES string of the molecule is CN1CCC(Nc2ccc(C(=O)Nc3cc(-c4cc5ccccc5n4Cc4cccc(C(N)=O)c4)n[nH]3)cc2)CC1. The molecule has 208 valence electrons. The number of nitrogens with one attached hydrogen (secondary N) is 3. The zero-order valence-electron chi connectivity index (χ0n) is 22.9. The minimum Gasteiger partial charge on any atom is -0.382 e. The topological polar surface area (TPSA) is 121 Å². The minimum atomic E-state index is -0.458. The van der Waals surface area contributed by atoms with Gasteiger partial charge in [-0.2, -0.15) is 5.10 Å². The third kappa shape index (κ3) is 5.85. The second-order valence-corrected chi connectivity index (χ2v) is 10.7. The summed E-state index contributed by atoms with van der Waals surface area (Å²) in [4.78, 5) is 27.1. The highest BCUT2D eigenvalue weighted by Crippen LogP contribution is 2.29. The highest BCUT2D eigenvalue weighted by molar-refractivity contribution is 6.04. The summed E-state index contributed by atoms with van der Waals surface area (Å²) < 4.78 is 2.15. The van der Waals surface area contributed by atoms with Gasteiger partial charge in [0.1, 0.15) is 11.5 Å². The summed E-state index contributed by atoms with van der Waals surface area (Å²) in [5.74, 6) is -0.166. The third-order valence-electron chi connectivity index (χ3n) is 7.69. The molecule has 0 atom stereocenters. The molecule has 2 amide bonds. The monoisotopic (exact) mass is 547 g/mol. The number of H-pyrrole nitrogens is 1. The molecule has 0 spiro atoms. The second-order valence-electron chi connectivity index (χ2n) is 10.7. The van der Waals surface area contributed by atoms with Crippen LogP contribution in [-0.4, -0.2) is 57.7 Å². The molecule has 0 bridgehead atoms. The zero-order chi connectivity index (χ0) is 28.3. The van der Waals surface area contributed by atoms with Crippen LogP contribution in [0.4, 0.5) is 11.5 Å². The molecule has 5 aromatic rings. The van der Waals surface area contributed by atoms with Crippen molar-refractivity contribution in [3.8, 4) is 11.4 Å². The van der Waals surface area contributed by atoms with Crippen LogP contribution in [0.1, 0.15) is 39.1 Å². The maximum atomic E-state index is 13.0. The fourth-order valence-corrected chi connectivity index (χ4v) is 5.42. The molecule has 1 saturated heterocycles. The van der Waals surface area contributed by atoms with Crippen LogP contribution in [0.15, 0.2) is 84.9 Å². The van der Waals surface area contributed by atoms with Crippen molar-refractivity contribution in [1.29, 1.82) is 0 Å². The molecule has 3 aromatic carbocycles. The maximum Gasteiger partial charge on any atom is 0.256 e. The van der Waals surface area contributed by atoms with Crippen molar-refractivity contribution in [1.82, 2.24) is 19.7 Å². The molecular weight excluding hydrogens is 514 g/mol. The van der Waals surface area contributed by atoms with Gasteiger partial charge in [0.15, 0.2) is 0 Å². The summed E-state index contributed by atoms with van der Waals surface area (Å²) in [6.45, 7) is 2.71. The predicted octanol–water partition coefficient (Wildman–Crippen LogP) is 4.94. The number of para-hydroxylation sites is 1. The van der Waals surface area contributed by atoms with Gasteiger partial charge in [0, 0.05) is 46.4 Å². The Morgan fingerprint density at radius 1 is 0.951 bits per heavy atom. The number of fused-ring (bicyclic) bond motifs is 1. The van der Waals surface area contributed by atoms with Crippen molar-refractivity contribution in [2.24, 2.45) is 5.73 Å². The van der Waals surface area contributed by atoms with Gasteiger partial charge in [-0.05, 0) is 87.1 Å². The van der Waals surface area contributed by atoms with Crippen molar-refractivity contribution in [3.63, 3.8) is 0 Å². The van der Waals surface area contributed by atoms with Crippen molar-refractivity contribution in [2.45, 2.75) is 25.4 Å². The molecule has 3 heterocycles. The van der Waals surface area contributed by atoms with Crippen molar-refractivity contribution in [2.75, 3.05) is 30.8 Å². The molecule has 1 aliphatic rings. The molecule has 5 N–H and O–H groups in total. The molecule has 9 heteroatoms. The standard InChI is InChI=1S/C32H33N7O2/c1-38-15-13-26(14-16-38)34-25-11-9-22(10-12-25)32(41)35-30-19-27(36-37-30)29-18-23-6-2-3-8-28(23)39(29)20-21-5-4-7-24(17-21)31(33)40/h2-12,17-19,26,34H,13-16,20H2,1H3,(H2,33,40)(H2,35,36,37,41). The quantitative estimate of drug-likeness (QED) is 0.219. The predicted molar refractivity (Wildman–Crippen MR) is 162 cm³/mol. The normalized spacial score (nSPS) is 14.3. The summed E-state index contributed by atoms with van der Waals surface area (Å²) >= 11 is 0. The number of nitrogens with two attached hydrogens (primary N) is 1. The number of rotatable bonds is 8. The van der Waals surface area contributed by atoms with Gasteiger partial charge in [0.25, 0.3) is 5.91 Å². The number of likely N-dealkylation sites (tertiary alicyclic amines) is 1. The number of hydrogen-bond acceptors (Lipinski definition) is 5. The summed E-state index contributed by atoms with van der Waals surface area (Å²) in [5.41, 5.74) is 11.1. The molecule has 0 aliphatic carbocycles. The molecular formula is C32H33N7O2. The van der Waals surface area contributed by atoms with Gasteiger partial charge < -0.3 is 25.8 Å². The number of carbonyl (C=O) groups excluding carboxylic acids is 2. The van der Waals surface area contributed by atoms with Crippen molar-refractivity contribution < 1.29 is 9.59 Å². The molecule has 1 aliphatic heterocycles. The Bertz CT molecular complexity index is 1690. The van der Waals surface area contributed by atoms with Crippen LogP contribution < -0.4 is 16.4 Å². The fourth-order valence-electron chi connectivity index (χ4n) is 5.42. The molecule has 0 saturated carbocycles. The Kier molecular flexibility index (Phi) is 7.26. The van der Waals surface area contributed by atoms with Gasteiger partial charge in [-0.25, -0.2) is 0 Å². The van der Waals surface area contributed by atoms with Gasteiger partial charge >= 0.3 is 0 Å². The number of amides is 2. The number of piperidine rings is 1. The van der Waals surface area contributed by atoms with Crippen LogP contribution in [0.3, 0.4) is 0 Å². The minimum absolute atomic E-state index is 0.213. The molecule has 2 aromatic heterocycles. The van der Waals surface area contributed by atoms with E-state index in [9.17, 15) is 9.59 Å². The summed E-state index contributed by atoms with van der Waals surface area (Å²) in [6, 6.07) is 27.4. The van der Waals surface area contributed by atoms with Gasteiger partial charge in [0.2, 0.25) is 5.91 Å². The van der Waals surface area contributed by atoms with Crippen LogP contribution >= 0.6 is 0 Å².